The van der Waals surface area contributed by atoms with Crippen molar-refractivity contribution in [1.82, 2.24) is 0 Å². The third-order valence-electron chi connectivity index (χ3n) is 3.02. The summed E-state index contributed by atoms with van der Waals surface area (Å²) in [6, 6.07) is 15.7. The second-order valence-electron chi connectivity index (χ2n) is 4.77. The normalized spacial score (nSPS) is 10.2. The molecular weight excluding hydrogens is 326 g/mol. The Labute approximate surface area is 144 Å². The van der Waals surface area contributed by atoms with Crippen LogP contribution in [-0.2, 0) is 9.59 Å². The first kappa shape index (κ1) is 17.3. The van der Waals surface area contributed by atoms with Crippen molar-refractivity contribution in [2.24, 2.45) is 0 Å². The topological polar surface area (TPSA) is 82.0 Å². The van der Waals surface area contributed by atoms with Crippen LogP contribution in [0.3, 0.4) is 0 Å². The van der Waals surface area contributed by atoms with Gasteiger partial charge in [-0.2, -0.15) is 5.26 Å². The van der Waals surface area contributed by atoms with Gasteiger partial charge in [-0.05, 0) is 29.8 Å². The monoisotopic (exact) mass is 339 g/mol. The molecule has 0 spiro atoms. The predicted octanol–water partition coefficient (Wildman–Crippen LogP) is 3.84. The maximum Gasteiger partial charge on any atom is 0.248 e. The van der Waals surface area contributed by atoms with E-state index in [1.165, 1.54) is 6.08 Å². The molecule has 120 valence electrons. The van der Waals surface area contributed by atoms with Gasteiger partial charge >= 0.3 is 0 Å². The lowest BCUT2D eigenvalue weighted by atomic mass is 10.2. The van der Waals surface area contributed by atoms with Crippen LogP contribution in [0.1, 0.15) is 12.0 Å². The van der Waals surface area contributed by atoms with Crippen molar-refractivity contribution in [2.75, 3.05) is 10.6 Å². The molecule has 24 heavy (non-hydrogen) atoms. The van der Waals surface area contributed by atoms with Gasteiger partial charge in [0.15, 0.2) is 0 Å². The fraction of sp³-hybridized carbons (Fsp3) is 0.0556. The second-order valence-corrected chi connectivity index (χ2v) is 5.18. The van der Waals surface area contributed by atoms with Crippen molar-refractivity contribution in [3.63, 3.8) is 0 Å². The number of carbonyl (C=O) groups excluding carboxylic acids is 2. The minimum atomic E-state index is -0.439. The van der Waals surface area contributed by atoms with Crippen LogP contribution in [0, 0.1) is 11.3 Å². The molecule has 2 aromatic rings. The summed E-state index contributed by atoms with van der Waals surface area (Å²) in [5.41, 5.74) is 1.60. The number of hydrogen-bond donors (Lipinski definition) is 2. The summed E-state index contributed by atoms with van der Waals surface area (Å²) in [5.74, 6) is -0.803. The summed E-state index contributed by atoms with van der Waals surface area (Å²) >= 11 is 6.02. The Morgan fingerprint density at radius 2 is 1.67 bits per heavy atom. The Kier molecular flexibility index (Phi) is 6.12. The highest BCUT2D eigenvalue weighted by atomic mass is 35.5. The van der Waals surface area contributed by atoms with Crippen LogP contribution in [0.5, 0.6) is 0 Å². The van der Waals surface area contributed by atoms with Gasteiger partial charge in [-0.15, -0.1) is 0 Å². The molecule has 0 unspecified atom stereocenters. The number of hydrogen-bond acceptors (Lipinski definition) is 3. The van der Waals surface area contributed by atoms with E-state index in [1.807, 2.05) is 6.07 Å². The number of nitriles is 1. The highest BCUT2D eigenvalue weighted by Gasteiger charge is 2.07. The summed E-state index contributed by atoms with van der Waals surface area (Å²) in [6.07, 6.45) is 2.71. The van der Waals surface area contributed by atoms with E-state index in [4.69, 9.17) is 16.9 Å². The Morgan fingerprint density at radius 1 is 1.04 bits per heavy atom. The van der Waals surface area contributed by atoms with Gasteiger partial charge in [-0.3, -0.25) is 9.59 Å². The predicted molar refractivity (Wildman–Crippen MR) is 94.4 cm³/mol. The van der Waals surface area contributed by atoms with Crippen molar-refractivity contribution in [1.29, 1.82) is 5.26 Å². The SMILES string of the molecule is N#CCC(=O)Nc1ccccc1NC(=O)/C=C/c1ccccc1Cl. The first-order valence-corrected chi connectivity index (χ1v) is 7.47. The molecule has 5 nitrogen and oxygen atoms in total. The quantitative estimate of drug-likeness (QED) is 0.812. The Bertz CT molecular complexity index is 825. The maximum atomic E-state index is 12.1. The standard InChI is InChI=1S/C18H14ClN3O2/c19-14-6-2-1-5-13(14)9-10-17(23)21-15-7-3-4-8-16(15)22-18(24)11-12-20/h1-10H,11H2,(H,21,23)(H,22,24)/b10-9+. The smallest absolute Gasteiger partial charge is 0.248 e. The molecule has 0 aromatic heterocycles. The molecule has 2 aromatic carbocycles. The van der Waals surface area contributed by atoms with Crippen LogP contribution < -0.4 is 10.6 Å². The highest BCUT2D eigenvalue weighted by molar-refractivity contribution is 6.32. The number of nitrogens with one attached hydrogen (secondary N) is 2. The molecule has 0 aliphatic heterocycles. The minimum Gasteiger partial charge on any atom is -0.323 e. The van der Waals surface area contributed by atoms with Crippen LogP contribution in [0.2, 0.25) is 5.02 Å². The van der Waals surface area contributed by atoms with Crippen molar-refractivity contribution in [3.05, 3.63) is 65.2 Å². The lowest BCUT2D eigenvalue weighted by Gasteiger charge is -2.10. The summed E-state index contributed by atoms with van der Waals surface area (Å²) in [5, 5.41) is 14.3. The molecule has 2 N–H and O–H groups in total. The van der Waals surface area contributed by atoms with Crippen molar-refractivity contribution in [2.45, 2.75) is 6.42 Å². The van der Waals surface area contributed by atoms with Gasteiger partial charge in [0.1, 0.15) is 6.42 Å². The number of anilines is 2. The number of rotatable bonds is 5. The van der Waals surface area contributed by atoms with Gasteiger partial charge in [0, 0.05) is 11.1 Å². The molecule has 0 fully saturated rings. The zero-order chi connectivity index (χ0) is 17.4. The van der Waals surface area contributed by atoms with E-state index in [2.05, 4.69) is 10.6 Å². The fourth-order valence-corrected chi connectivity index (χ4v) is 2.12. The van der Waals surface area contributed by atoms with Crippen molar-refractivity contribution >= 4 is 40.9 Å². The molecule has 6 heteroatoms. The Hall–Kier alpha value is -3.10. The van der Waals surface area contributed by atoms with E-state index in [0.717, 1.165) is 5.56 Å². The first-order chi connectivity index (χ1) is 11.6. The van der Waals surface area contributed by atoms with Crippen LogP contribution in [0.25, 0.3) is 6.08 Å². The largest absolute Gasteiger partial charge is 0.323 e. The van der Waals surface area contributed by atoms with Crippen molar-refractivity contribution in [3.8, 4) is 6.07 Å². The molecule has 0 bridgehead atoms. The molecule has 2 rings (SSSR count). The van der Waals surface area contributed by atoms with E-state index in [-0.39, 0.29) is 12.3 Å². The van der Waals surface area contributed by atoms with Crippen molar-refractivity contribution < 1.29 is 9.59 Å². The summed E-state index contributed by atoms with van der Waals surface area (Å²) in [4.78, 5) is 23.6. The first-order valence-electron chi connectivity index (χ1n) is 7.09. The average Bonchev–Trinajstić information content (AvgIpc) is 2.56. The van der Waals surface area contributed by atoms with Crippen LogP contribution in [0.15, 0.2) is 54.6 Å². The van der Waals surface area contributed by atoms with E-state index >= 15 is 0 Å². The number of benzene rings is 2. The van der Waals surface area contributed by atoms with Gasteiger partial charge in [0.25, 0.3) is 0 Å². The molecule has 0 radical (unpaired) electrons. The van der Waals surface area contributed by atoms with Crippen LogP contribution in [-0.4, -0.2) is 11.8 Å². The number of carbonyl (C=O) groups is 2. The molecular formula is C18H14ClN3O2. The molecule has 2 amide bonds. The summed E-state index contributed by atoms with van der Waals surface area (Å²) < 4.78 is 0. The van der Waals surface area contributed by atoms with E-state index < -0.39 is 5.91 Å². The number of para-hydroxylation sites is 2. The lowest BCUT2D eigenvalue weighted by molar-refractivity contribution is -0.115. The Balaban J connectivity index is 2.08. The fourth-order valence-electron chi connectivity index (χ4n) is 1.92. The second kappa shape index (κ2) is 8.51. The van der Waals surface area contributed by atoms with Gasteiger partial charge in [0.05, 0.1) is 17.4 Å². The highest BCUT2D eigenvalue weighted by Crippen LogP contribution is 2.21. The minimum absolute atomic E-state index is 0.255. The number of nitrogens with zero attached hydrogens (tertiary/aromatic N) is 1. The number of amides is 2. The molecule has 0 heterocycles. The summed E-state index contributed by atoms with van der Waals surface area (Å²) in [6.45, 7) is 0. The number of halogens is 1. The van der Waals surface area contributed by atoms with Crippen LogP contribution >= 0.6 is 11.6 Å². The summed E-state index contributed by atoms with van der Waals surface area (Å²) in [7, 11) is 0. The van der Waals surface area contributed by atoms with E-state index in [1.54, 1.807) is 54.6 Å². The Morgan fingerprint density at radius 3 is 2.33 bits per heavy atom. The van der Waals surface area contributed by atoms with Gasteiger partial charge in [0.2, 0.25) is 11.8 Å². The third kappa shape index (κ3) is 4.97. The molecule has 0 aliphatic rings. The zero-order valence-electron chi connectivity index (χ0n) is 12.6. The van der Waals surface area contributed by atoms with E-state index in [9.17, 15) is 9.59 Å². The average molecular weight is 340 g/mol. The van der Waals surface area contributed by atoms with E-state index in [0.29, 0.717) is 16.4 Å². The maximum absolute atomic E-state index is 12.1. The molecule has 0 saturated heterocycles. The molecule has 0 saturated carbocycles. The van der Waals surface area contributed by atoms with Gasteiger partial charge in [-0.1, -0.05) is 41.9 Å². The van der Waals surface area contributed by atoms with Gasteiger partial charge < -0.3 is 10.6 Å². The van der Waals surface area contributed by atoms with Gasteiger partial charge in [-0.25, -0.2) is 0 Å². The molecule has 0 aliphatic carbocycles. The lowest BCUT2D eigenvalue weighted by Crippen LogP contribution is -2.14. The zero-order valence-corrected chi connectivity index (χ0v) is 13.4. The third-order valence-corrected chi connectivity index (χ3v) is 3.36. The molecule has 0 atom stereocenters. The van der Waals surface area contributed by atoms with Crippen LogP contribution in [0.4, 0.5) is 11.4 Å².